The number of sulfonamides is 1. The highest BCUT2D eigenvalue weighted by molar-refractivity contribution is 7.89. The van der Waals surface area contributed by atoms with E-state index >= 15 is 0 Å². The number of tetrazole rings is 1. The van der Waals surface area contributed by atoms with Crippen LogP contribution in [-0.2, 0) is 21.2 Å². The third kappa shape index (κ3) is 5.01. The molecule has 1 fully saturated rings. The molecule has 0 radical (unpaired) electrons. The van der Waals surface area contributed by atoms with Gasteiger partial charge in [-0.1, -0.05) is 36.4 Å². The number of anilines is 1. The normalized spacial score (nSPS) is 16.5. The summed E-state index contributed by atoms with van der Waals surface area (Å²) in [7, 11) is -1.67. The predicted octanol–water partition coefficient (Wildman–Crippen LogP) is 1.03. The Bertz CT molecular complexity index is 1150. The first-order valence-electron chi connectivity index (χ1n) is 10.3. The minimum atomic E-state index is -3.64. The van der Waals surface area contributed by atoms with Crippen LogP contribution in [0.15, 0.2) is 65.8 Å². The Hall–Kier alpha value is -3.15. The summed E-state index contributed by atoms with van der Waals surface area (Å²) < 4.78 is 29.0. The molecule has 0 aliphatic carbocycles. The number of carbonyl (C=O) groups is 1. The fourth-order valence-electron chi connectivity index (χ4n) is 3.59. The Morgan fingerprint density at radius 2 is 1.81 bits per heavy atom. The zero-order valence-corrected chi connectivity index (χ0v) is 18.5. The van der Waals surface area contributed by atoms with E-state index in [1.165, 1.54) is 21.4 Å². The summed E-state index contributed by atoms with van der Waals surface area (Å²) in [5.41, 5.74) is 1.35. The van der Waals surface area contributed by atoms with Crippen molar-refractivity contribution in [2.24, 2.45) is 0 Å². The fraction of sp³-hybridized carbons (Fsp3) is 0.333. The van der Waals surface area contributed by atoms with Gasteiger partial charge in [0, 0.05) is 38.3 Å². The Balaban J connectivity index is 1.53. The highest BCUT2D eigenvalue weighted by Crippen LogP contribution is 2.22. The van der Waals surface area contributed by atoms with Gasteiger partial charge < -0.3 is 10.2 Å². The molecule has 1 atom stereocenters. The van der Waals surface area contributed by atoms with E-state index in [9.17, 15) is 13.2 Å². The number of likely N-dealkylation sites (N-methyl/N-ethyl adjacent to an activating group) is 1. The molecule has 32 heavy (non-hydrogen) atoms. The Labute approximate surface area is 186 Å². The number of hydrogen-bond acceptors (Lipinski definition) is 7. The molecule has 0 bridgehead atoms. The van der Waals surface area contributed by atoms with Crippen LogP contribution in [0.25, 0.3) is 0 Å². The molecule has 1 aliphatic rings. The third-order valence-electron chi connectivity index (χ3n) is 5.46. The van der Waals surface area contributed by atoms with Crippen molar-refractivity contribution in [1.29, 1.82) is 0 Å². The number of aromatic nitrogens is 4. The largest absolute Gasteiger partial charge is 0.324 e. The number of nitrogens with zero attached hydrogens (tertiary/aromatic N) is 6. The zero-order chi connectivity index (χ0) is 22.6. The number of carbonyl (C=O) groups excluding carboxylic acids is 1. The van der Waals surface area contributed by atoms with Gasteiger partial charge in [-0.3, -0.25) is 4.79 Å². The summed E-state index contributed by atoms with van der Waals surface area (Å²) in [4.78, 5) is 15.4. The predicted molar refractivity (Wildman–Crippen MR) is 118 cm³/mol. The van der Waals surface area contributed by atoms with Crippen LogP contribution in [-0.4, -0.2) is 77.0 Å². The molecule has 168 valence electrons. The van der Waals surface area contributed by atoms with Gasteiger partial charge >= 0.3 is 0 Å². The van der Waals surface area contributed by atoms with Crippen molar-refractivity contribution in [2.75, 3.05) is 38.5 Å². The molecule has 3 aromatic rings. The van der Waals surface area contributed by atoms with Gasteiger partial charge in [0.25, 0.3) is 0 Å². The third-order valence-corrected chi connectivity index (χ3v) is 7.35. The van der Waals surface area contributed by atoms with E-state index in [2.05, 4.69) is 25.7 Å². The average Bonchev–Trinajstić information content (AvgIpc) is 3.33. The molecule has 1 aromatic heterocycles. The molecule has 1 aliphatic heterocycles. The number of amides is 1. The molecule has 0 spiro atoms. The second-order valence-electron chi connectivity index (χ2n) is 7.72. The SMILES string of the molecule is CN1CCN(S(=O)(=O)c2cccc(NC(=O)C(Cc3ccccc3)n3cnnn3)c2)CC1. The standard InChI is InChI=1S/C21H25N7O3S/c1-26-10-12-27(13-11-26)32(30,31)19-9-5-8-18(15-19)23-21(29)20(28-16-22-24-25-28)14-17-6-3-2-4-7-17/h2-9,15-16,20H,10-14H2,1H3,(H,23,29). The molecule has 11 heteroatoms. The van der Waals surface area contributed by atoms with E-state index < -0.39 is 16.1 Å². The molecule has 2 heterocycles. The van der Waals surface area contributed by atoms with Crippen LogP contribution in [0.1, 0.15) is 11.6 Å². The molecule has 1 unspecified atom stereocenters. The topological polar surface area (TPSA) is 113 Å². The van der Waals surface area contributed by atoms with Gasteiger partial charge in [0.1, 0.15) is 12.4 Å². The Kier molecular flexibility index (Phi) is 6.58. The van der Waals surface area contributed by atoms with Crippen molar-refractivity contribution in [1.82, 2.24) is 29.4 Å². The van der Waals surface area contributed by atoms with E-state index in [0.29, 0.717) is 38.3 Å². The van der Waals surface area contributed by atoms with E-state index in [1.807, 2.05) is 37.4 Å². The summed E-state index contributed by atoms with van der Waals surface area (Å²) in [6.07, 6.45) is 1.78. The van der Waals surface area contributed by atoms with Crippen LogP contribution in [0.3, 0.4) is 0 Å². The first kappa shape index (κ1) is 22.1. The minimum absolute atomic E-state index is 0.155. The number of benzene rings is 2. The van der Waals surface area contributed by atoms with Gasteiger partial charge in [-0.25, -0.2) is 13.1 Å². The van der Waals surface area contributed by atoms with E-state index in [4.69, 9.17) is 0 Å². The maximum absolute atomic E-state index is 13.1. The molecule has 2 aromatic carbocycles. The minimum Gasteiger partial charge on any atom is -0.324 e. The molecule has 0 saturated carbocycles. The van der Waals surface area contributed by atoms with Crippen LogP contribution in [0.4, 0.5) is 5.69 Å². The zero-order valence-electron chi connectivity index (χ0n) is 17.7. The summed E-state index contributed by atoms with van der Waals surface area (Å²) in [6, 6.07) is 15.2. The van der Waals surface area contributed by atoms with E-state index in [1.54, 1.807) is 18.2 Å². The highest BCUT2D eigenvalue weighted by atomic mass is 32.2. The number of hydrogen-bond donors (Lipinski definition) is 1. The lowest BCUT2D eigenvalue weighted by atomic mass is 10.1. The van der Waals surface area contributed by atoms with Crippen molar-refractivity contribution in [2.45, 2.75) is 17.4 Å². The molecule has 10 nitrogen and oxygen atoms in total. The van der Waals surface area contributed by atoms with Gasteiger partial charge in [-0.05, 0) is 41.2 Å². The number of piperazine rings is 1. The van der Waals surface area contributed by atoms with Crippen LogP contribution in [0.2, 0.25) is 0 Å². The number of rotatable bonds is 7. The van der Waals surface area contributed by atoms with Gasteiger partial charge in [-0.15, -0.1) is 5.10 Å². The summed E-state index contributed by atoms with van der Waals surface area (Å²) in [5.74, 6) is -0.338. The summed E-state index contributed by atoms with van der Waals surface area (Å²) >= 11 is 0. The maximum Gasteiger partial charge on any atom is 0.249 e. The van der Waals surface area contributed by atoms with Crippen LogP contribution < -0.4 is 5.32 Å². The first-order chi connectivity index (χ1) is 15.4. The molecule has 1 amide bonds. The second-order valence-corrected chi connectivity index (χ2v) is 9.66. The van der Waals surface area contributed by atoms with Crippen LogP contribution >= 0.6 is 0 Å². The Morgan fingerprint density at radius 3 is 2.50 bits per heavy atom. The highest BCUT2D eigenvalue weighted by Gasteiger charge is 2.28. The molecular formula is C21H25N7O3S. The van der Waals surface area contributed by atoms with Crippen molar-refractivity contribution < 1.29 is 13.2 Å². The van der Waals surface area contributed by atoms with Crippen molar-refractivity contribution >= 4 is 21.6 Å². The lowest BCUT2D eigenvalue weighted by Crippen LogP contribution is -2.47. The van der Waals surface area contributed by atoms with E-state index in [0.717, 1.165) is 5.56 Å². The van der Waals surface area contributed by atoms with Gasteiger partial charge in [0.15, 0.2) is 0 Å². The van der Waals surface area contributed by atoms with Gasteiger partial charge in [0.2, 0.25) is 15.9 Å². The van der Waals surface area contributed by atoms with Crippen LogP contribution in [0.5, 0.6) is 0 Å². The van der Waals surface area contributed by atoms with Crippen molar-refractivity contribution in [3.05, 3.63) is 66.5 Å². The molecule has 1 N–H and O–H groups in total. The van der Waals surface area contributed by atoms with Crippen molar-refractivity contribution in [3.63, 3.8) is 0 Å². The smallest absolute Gasteiger partial charge is 0.249 e. The van der Waals surface area contributed by atoms with Crippen LogP contribution in [0, 0.1) is 0 Å². The average molecular weight is 456 g/mol. The lowest BCUT2D eigenvalue weighted by molar-refractivity contribution is -0.119. The molecule has 4 rings (SSSR count). The molecular weight excluding hydrogens is 430 g/mol. The van der Waals surface area contributed by atoms with Gasteiger partial charge in [-0.2, -0.15) is 4.31 Å². The summed E-state index contributed by atoms with van der Waals surface area (Å²) in [5, 5.41) is 14.0. The molecule has 1 saturated heterocycles. The summed E-state index contributed by atoms with van der Waals surface area (Å²) in [6.45, 7) is 2.24. The quantitative estimate of drug-likeness (QED) is 0.566. The Morgan fingerprint density at radius 1 is 1.06 bits per heavy atom. The first-order valence-corrected chi connectivity index (χ1v) is 11.7. The van der Waals surface area contributed by atoms with E-state index in [-0.39, 0.29) is 10.8 Å². The monoisotopic (exact) mass is 455 g/mol. The lowest BCUT2D eigenvalue weighted by Gasteiger charge is -2.31. The maximum atomic E-state index is 13.1. The fourth-order valence-corrected chi connectivity index (χ4v) is 5.06. The van der Waals surface area contributed by atoms with Gasteiger partial charge in [0.05, 0.1) is 4.90 Å². The van der Waals surface area contributed by atoms with Crippen molar-refractivity contribution in [3.8, 4) is 0 Å². The second kappa shape index (κ2) is 9.55. The number of nitrogens with one attached hydrogen (secondary N) is 1.